The summed E-state index contributed by atoms with van der Waals surface area (Å²) in [6.45, 7) is 0. The molecule has 1 aromatic carbocycles. The molecule has 4 nitrogen and oxygen atoms in total. The van der Waals surface area contributed by atoms with E-state index in [0.29, 0.717) is 11.9 Å². The van der Waals surface area contributed by atoms with Gasteiger partial charge < -0.3 is 11.1 Å². The number of nitrogens with zero attached hydrogens (tertiary/aromatic N) is 2. The molecule has 0 atom stereocenters. The van der Waals surface area contributed by atoms with Gasteiger partial charge in [-0.2, -0.15) is 0 Å². The molecule has 7 heteroatoms. The molecule has 0 aliphatic heterocycles. The van der Waals surface area contributed by atoms with Crippen molar-refractivity contribution in [3.8, 4) is 0 Å². The zero-order valence-corrected chi connectivity index (χ0v) is 10.3. The van der Waals surface area contributed by atoms with E-state index in [9.17, 15) is 13.2 Å². The van der Waals surface area contributed by atoms with E-state index in [1.165, 1.54) is 6.07 Å². The van der Waals surface area contributed by atoms with Gasteiger partial charge in [0.1, 0.15) is 23.3 Å². The molecule has 20 heavy (non-hydrogen) atoms. The van der Waals surface area contributed by atoms with Crippen molar-refractivity contribution in [3.63, 3.8) is 0 Å². The minimum absolute atomic E-state index is 0.211. The summed E-state index contributed by atoms with van der Waals surface area (Å²) in [7, 11) is 0. The van der Waals surface area contributed by atoms with Gasteiger partial charge in [0.15, 0.2) is 11.6 Å². The van der Waals surface area contributed by atoms with Crippen LogP contribution in [0.1, 0.15) is 24.6 Å². The van der Waals surface area contributed by atoms with E-state index in [1.807, 2.05) is 0 Å². The van der Waals surface area contributed by atoms with E-state index < -0.39 is 17.5 Å². The third-order valence-corrected chi connectivity index (χ3v) is 2.96. The Morgan fingerprint density at radius 3 is 2.55 bits per heavy atom. The van der Waals surface area contributed by atoms with Crippen LogP contribution in [0.3, 0.4) is 0 Å². The van der Waals surface area contributed by atoms with Crippen LogP contribution in [-0.4, -0.2) is 9.97 Å². The number of anilines is 3. The SMILES string of the molecule is Nc1cc(Nc2cc(F)cc(F)c2F)nc(C2CC2)n1. The highest BCUT2D eigenvalue weighted by Crippen LogP contribution is 2.38. The fraction of sp³-hybridized carbons (Fsp3) is 0.231. The summed E-state index contributed by atoms with van der Waals surface area (Å²) in [5.41, 5.74) is 5.31. The number of nitrogens with two attached hydrogens (primary N) is 1. The lowest BCUT2D eigenvalue weighted by molar-refractivity contribution is 0.498. The maximum Gasteiger partial charge on any atom is 0.182 e. The molecule has 3 rings (SSSR count). The Hall–Kier alpha value is -2.31. The van der Waals surface area contributed by atoms with Crippen LogP contribution in [-0.2, 0) is 0 Å². The van der Waals surface area contributed by atoms with Crippen molar-refractivity contribution in [1.82, 2.24) is 9.97 Å². The first-order chi connectivity index (χ1) is 9.52. The molecular weight excluding hydrogens is 269 g/mol. The van der Waals surface area contributed by atoms with Crippen LogP contribution in [0.4, 0.5) is 30.5 Å². The Morgan fingerprint density at radius 1 is 1.10 bits per heavy atom. The number of hydrogen-bond acceptors (Lipinski definition) is 4. The molecule has 0 bridgehead atoms. The smallest absolute Gasteiger partial charge is 0.182 e. The maximum atomic E-state index is 13.6. The van der Waals surface area contributed by atoms with Gasteiger partial charge in [-0.1, -0.05) is 0 Å². The number of rotatable bonds is 3. The van der Waals surface area contributed by atoms with Crippen LogP contribution in [0.25, 0.3) is 0 Å². The second-order valence-electron chi connectivity index (χ2n) is 4.68. The van der Waals surface area contributed by atoms with Crippen molar-refractivity contribution in [2.45, 2.75) is 18.8 Å². The summed E-state index contributed by atoms with van der Waals surface area (Å²) in [6.07, 6.45) is 1.96. The summed E-state index contributed by atoms with van der Waals surface area (Å²) in [5.74, 6) is -2.06. The minimum Gasteiger partial charge on any atom is -0.384 e. The van der Waals surface area contributed by atoms with Crippen LogP contribution in [0.15, 0.2) is 18.2 Å². The van der Waals surface area contributed by atoms with Gasteiger partial charge in [-0.25, -0.2) is 23.1 Å². The Balaban J connectivity index is 1.95. The van der Waals surface area contributed by atoms with E-state index in [-0.39, 0.29) is 23.2 Å². The molecule has 0 saturated heterocycles. The molecule has 1 fully saturated rings. The van der Waals surface area contributed by atoms with Gasteiger partial charge in [0.25, 0.3) is 0 Å². The summed E-state index contributed by atoms with van der Waals surface area (Å²) in [6, 6.07) is 2.71. The monoisotopic (exact) mass is 280 g/mol. The van der Waals surface area contributed by atoms with Gasteiger partial charge in [0.2, 0.25) is 0 Å². The third-order valence-electron chi connectivity index (χ3n) is 2.96. The van der Waals surface area contributed by atoms with Crippen molar-refractivity contribution < 1.29 is 13.2 Å². The summed E-state index contributed by atoms with van der Waals surface area (Å²) in [5, 5.41) is 2.53. The van der Waals surface area contributed by atoms with Crippen molar-refractivity contribution in [2.24, 2.45) is 0 Å². The third kappa shape index (κ3) is 2.52. The van der Waals surface area contributed by atoms with Crippen LogP contribution in [0.2, 0.25) is 0 Å². The molecule has 0 spiro atoms. The minimum atomic E-state index is -1.27. The van der Waals surface area contributed by atoms with Crippen molar-refractivity contribution in [1.29, 1.82) is 0 Å². The highest BCUT2D eigenvalue weighted by molar-refractivity contribution is 5.59. The molecule has 1 heterocycles. The number of nitrogen functional groups attached to an aromatic ring is 1. The molecule has 0 amide bonds. The molecule has 1 aliphatic rings. The maximum absolute atomic E-state index is 13.6. The topological polar surface area (TPSA) is 63.8 Å². The lowest BCUT2D eigenvalue weighted by Gasteiger charge is -2.09. The zero-order chi connectivity index (χ0) is 14.3. The molecule has 1 aromatic heterocycles. The number of hydrogen-bond donors (Lipinski definition) is 2. The summed E-state index contributed by atoms with van der Waals surface area (Å²) in [4.78, 5) is 8.26. The first-order valence-electron chi connectivity index (χ1n) is 6.09. The fourth-order valence-electron chi connectivity index (χ4n) is 1.86. The number of halogens is 3. The molecule has 3 N–H and O–H groups in total. The number of aromatic nitrogens is 2. The largest absolute Gasteiger partial charge is 0.384 e. The highest BCUT2D eigenvalue weighted by atomic mass is 19.2. The van der Waals surface area contributed by atoms with Gasteiger partial charge in [0.05, 0.1) is 5.69 Å². The predicted octanol–water partition coefficient (Wildman–Crippen LogP) is 3.10. The van der Waals surface area contributed by atoms with Gasteiger partial charge in [-0.05, 0) is 12.8 Å². The lowest BCUT2D eigenvalue weighted by Crippen LogP contribution is -2.04. The average molecular weight is 280 g/mol. The molecule has 0 unspecified atom stereocenters. The normalized spacial score (nSPS) is 14.3. The van der Waals surface area contributed by atoms with E-state index in [4.69, 9.17) is 5.73 Å². The predicted molar refractivity (Wildman–Crippen MR) is 68.0 cm³/mol. The quantitative estimate of drug-likeness (QED) is 0.848. The molecule has 2 aromatic rings. The average Bonchev–Trinajstić information content (AvgIpc) is 3.18. The Kier molecular flexibility index (Phi) is 2.96. The van der Waals surface area contributed by atoms with Crippen LogP contribution < -0.4 is 11.1 Å². The molecule has 104 valence electrons. The number of nitrogens with one attached hydrogen (secondary N) is 1. The fourth-order valence-corrected chi connectivity index (χ4v) is 1.86. The standard InChI is InChI=1S/C13H11F3N4/c14-7-3-8(15)12(16)9(4-7)18-11-5-10(17)19-13(20-11)6-1-2-6/h3-6H,1-2H2,(H3,17,18,19,20). The Morgan fingerprint density at radius 2 is 1.85 bits per heavy atom. The van der Waals surface area contributed by atoms with E-state index in [0.717, 1.165) is 18.9 Å². The zero-order valence-electron chi connectivity index (χ0n) is 10.3. The van der Waals surface area contributed by atoms with E-state index in [2.05, 4.69) is 15.3 Å². The van der Waals surface area contributed by atoms with Gasteiger partial charge >= 0.3 is 0 Å². The van der Waals surface area contributed by atoms with E-state index in [1.54, 1.807) is 0 Å². The Bertz CT molecular complexity index is 671. The second kappa shape index (κ2) is 4.66. The van der Waals surface area contributed by atoms with Crippen molar-refractivity contribution >= 4 is 17.3 Å². The summed E-state index contributed by atoms with van der Waals surface area (Å²) < 4.78 is 39.8. The van der Waals surface area contributed by atoms with Crippen molar-refractivity contribution in [2.75, 3.05) is 11.1 Å². The van der Waals surface area contributed by atoms with E-state index >= 15 is 0 Å². The highest BCUT2D eigenvalue weighted by Gasteiger charge is 2.27. The van der Waals surface area contributed by atoms with Crippen LogP contribution in [0, 0.1) is 17.5 Å². The number of benzene rings is 1. The van der Waals surface area contributed by atoms with Crippen LogP contribution >= 0.6 is 0 Å². The molecule has 1 saturated carbocycles. The molecule has 1 aliphatic carbocycles. The van der Waals surface area contributed by atoms with Crippen LogP contribution in [0.5, 0.6) is 0 Å². The molecule has 0 radical (unpaired) electrons. The van der Waals surface area contributed by atoms with Gasteiger partial charge in [-0.3, -0.25) is 0 Å². The van der Waals surface area contributed by atoms with Crippen molar-refractivity contribution in [3.05, 3.63) is 41.5 Å². The second-order valence-corrected chi connectivity index (χ2v) is 4.68. The van der Waals surface area contributed by atoms with Gasteiger partial charge in [0, 0.05) is 24.1 Å². The Labute approximate surface area is 112 Å². The first-order valence-corrected chi connectivity index (χ1v) is 6.09. The summed E-state index contributed by atoms with van der Waals surface area (Å²) >= 11 is 0. The molecular formula is C13H11F3N4. The van der Waals surface area contributed by atoms with Gasteiger partial charge in [-0.15, -0.1) is 0 Å². The lowest BCUT2D eigenvalue weighted by atomic mass is 10.2. The first kappa shape index (κ1) is 12.7.